The van der Waals surface area contributed by atoms with Crippen molar-refractivity contribution in [2.24, 2.45) is 0 Å². The van der Waals surface area contributed by atoms with Gasteiger partial charge in [0.1, 0.15) is 5.58 Å². The molecule has 17 heavy (non-hydrogen) atoms. The Balaban J connectivity index is 2.01. The van der Waals surface area contributed by atoms with Crippen LogP contribution in [0.2, 0.25) is 0 Å². The van der Waals surface area contributed by atoms with Gasteiger partial charge in [0.2, 0.25) is 0 Å². The highest BCUT2D eigenvalue weighted by molar-refractivity contribution is 5.80. The van der Waals surface area contributed by atoms with Crippen molar-refractivity contribution < 1.29 is 4.42 Å². The number of nitrogens with zero attached hydrogens (tertiary/aromatic N) is 1. The molecule has 0 unspecified atom stereocenters. The third kappa shape index (κ3) is 2.05. The predicted octanol–water partition coefficient (Wildman–Crippen LogP) is 2.78. The van der Waals surface area contributed by atoms with Crippen LogP contribution in [0.25, 0.3) is 11.0 Å². The maximum atomic E-state index is 11.1. The first kappa shape index (κ1) is 10.4. The molecule has 0 N–H and O–H groups in total. The summed E-state index contributed by atoms with van der Waals surface area (Å²) in [6, 6.07) is 9.33. The number of benzene rings is 1. The van der Waals surface area contributed by atoms with Crippen molar-refractivity contribution >= 4 is 16.7 Å². The maximum Gasteiger partial charge on any atom is 0.336 e. The number of hydrogen-bond donors (Lipinski definition) is 0. The molecular weight excluding hydrogens is 214 g/mol. The van der Waals surface area contributed by atoms with Gasteiger partial charge >= 0.3 is 5.63 Å². The van der Waals surface area contributed by atoms with E-state index in [1.54, 1.807) is 0 Å². The Morgan fingerprint density at radius 2 is 1.82 bits per heavy atom. The third-order valence-electron chi connectivity index (χ3n) is 3.32. The molecule has 1 aromatic heterocycles. The van der Waals surface area contributed by atoms with E-state index in [4.69, 9.17) is 4.42 Å². The number of hydrogen-bond acceptors (Lipinski definition) is 3. The molecule has 0 saturated carbocycles. The number of anilines is 1. The van der Waals surface area contributed by atoms with Gasteiger partial charge in [0.05, 0.1) is 0 Å². The highest BCUT2D eigenvalue weighted by atomic mass is 16.4. The van der Waals surface area contributed by atoms with Gasteiger partial charge in [-0.05, 0) is 43.5 Å². The lowest BCUT2D eigenvalue weighted by Crippen LogP contribution is -2.29. The Labute approximate surface area is 99.7 Å². The molecule has 0 aliphatic carbocycles. The molecule has 1 aliphatic heterocycles. The summed E-state index contributed by atoms with van der Waals surface area (Å²) in [5.41, 5.74) is 1.60. The average molecular weight is 229 g/mol. The second-order valence-corrected chi connectivity index (χ2v) is 4.52. The largest absolute Gasteiger partial charge is 0.423 e. The summed E-state index contributed by atoms with van der Waals surface area (Å²) in [7, 11) is 0. The van der Waals surface area contributed by atoms with Gasteiger partial charge in [-0.3, -0.25) is 0 Å². The van der Waals surface area contributed by atoms with E-state index < -0.39 is 0 Å². The summed E-state index contributed by atoms with van der Waals surface area (Å²) in [5.74, 6) is 0. The Bertz CT molecular complexity index is 582. The van der Waals surface area contributed by atoms with Gasteiger partial charge in [-0.25, -0.2) is 4.79 Å². The van der Waals surface area contributed by atoms with Crippen LogP contribution < -0.4 is 10.5 Å². The molecule has 3 heteroatoms. The number of piperidine rings is 1. The van der Waals surface area contributed by atoms with Crippen LogP contribution in [0.3, 0.4) is 0 Å². The SMILES string of the molecule is O=c1ccc2cc(N3CCCCC3)ccc2o1. The molecule has 3 nitrogen and oxygen atoms in total. The first-order chi connectivity index (χ1) is 8.33. The van der Waals surface area contributed by atoms with E-state index in [2.05, 4.69) is 11.0 Å². The minimum absolute atomic E-state index is 0.289. The zero-order valence-electron chi connectivity index (χ0n) is 9.69. The number of rotatable bonds is 1. The van der Waals surface area contributed by atoms with Crippen molar-refractivity contribution in [3.8, 4) is 0 Å². The average Bonchev–Trinajstić information content (AvgIpc) is 2.39. The molecule has 0 spiro atoms. The van der Waals surface area contributed by atoms with Gasteiger partial charge in [0, 0.05) is 30.2 Å². The smallest absolute Gasteiger partial charge is 0.336 e. The predicted molar refractivity (Wildman–Crippen MR) is 68.5 cm³/mol. The minimum Gasteiger partial charge on any atom is -0.423 e. The summed E-state index contributed by atoms with van der Waals surface area (Å²) in [6.45, 7) is 2.25. The molecule has 3 rings (SSSR count). The van der Waals surface area contributed by atoms with Gasteiger partial charge in [-0.1, -0.05) is 0 Å². The Hall–Kier alpha value is -1.77. The quantitative estimate of drug-likeness (QED) is 0.705. The molecule has 1 aliphatic rings. The van der Waals surface area contributed by atoms with E-state index in [1.165, 1.54) is 31.0 Å². The van der Waals surface area contributed by atoms with Crippen LogP contribution in [-0.4, -0.2) is 13.1 Å². The molecule has 0 atom stereocenters. The van der Waals surface area contributed by atoms with Crippen molar-refractivity contribution in [3.05, 3.63) is 40.8 Å². The monoisotopic (exact) mass is 229 g/mol. The molecule has 0 radical (unpaired) electrons. The molecule has 1 aromatic carbocycles. The fourth-order valence-corrected chi connectivity index (χ4v) is 2.41. The maximum absolute atomic E-state index is 11.1. The second-order valence-electron chi connectivity index (χ2n) is 4.52. The first-order valence-corrected chi connectivity index (χ1v) is 6.12. The standard InChI is InChI=1S/C14H15NO2/c16-14-7-4-11-10-12(5-6-13(11)17-14)15-8-2-1-3-9-15/h4-7,10H,1-3,8-9H2. The summed E-state index contributed by atoms with van der Waals surface area (Å²) in [6.07, 6.45) is 3.86. The summed E-state index contributed by atoms with van der Waals surface area (Å²) in [5, 5.41) is 0.993. The van der Waals surface area contributed by atoms with Crippen LogP contribution in [0.4, 0.5) is 5.69 Å². The van der Waals surface area contributed by atoms with Crippen molar-refractivity contribution in [1.29, 1.82) is 0 Å². The molecule has 1 saturated heterocycles. The molecule has 1 fully saturated rings. The van der Waals surface area contributed by atoms with Gasteiger partial charge < -0.3 is 9.32 Å². The summed E-state index contributed by atoms with van der Waals surface area (Å²) < 4.78 is 5.13. The Morgan fingerprint density at radius 1 is 1.00 bits per heavy atom. The van der Waals surface area contributed by atoms with E-state index in [1.807, 2.05) is 18.2 Å². The first-order valence-electron chi connectivity index (χ1n) is 6.12. The Morgan fingerprint density at radius 3 is 2.65 bits per heavy atom. The van der Waals surface area contributed by atoms with Crippen LogP contribution in [-0.2, 0) is 0 Å². The molecule has 0 amide bonds. The molecule has 2 aromatic rings. The van der Waals surface area contributed by atoms with Crippen molar-refractivity contribution in [2.75, 3.05) is 18.0 Å². The topological polar surface area (TPSA) is 33.5 Å². The Kier molecular flexibility index (Phi) is 2.59. The van der Waals surface area contributed by atoms with Crippen molar-refractivity contribution in [2.45, 2.75) is 19.3 Å². The zero-order valence-corrected chi connectivity index (χ0v) is 9.69. The van der Waals surface area contributed by atoms with Crippen LogP contribution in [0.15, 0.2) is 39.5 Å². The fraction of sp³-hybridized carbons (Fsp3) is 0.357. The van der Waals surface area contributed by atoms with E-state index in [0.29, 0.717) is 5.58 Å². The highest BCUT2D eigenvalue weighted by Gasteiger charge is 2.11. The molecule has 2 heterocycles. The van der Waals surface area contributed by atoms with E-state index in [0.717, 1.165) is 18.5 Å². The third-order valence-corrected chi connectivity index (χ3v) is 3.32. The van der Waals surface area contributed by atoms with Crippen molar-refractivity contribution in [3.63, 3.8) is 0 Å². The molecular formula is C14H15NO2. The minimum atomic E-state index is -0.289. The number of fused-ring (bicyclic) bond motifs is 1. The fourth-order valence-electron chi connectivity index (χ4n) is 2.41. The normalized spacial score (nSPS) is 16.4. The lowest BCUT2D eigenvalue weighted by molar-refractivity contribution is 0.560. The van der Waals surface area contributed by atoms with Crippen LogP contribution in [0.1, 0.15) is 19.3 Å². The van der Waals surface area contributed by atoms with Gasteiger partial charge in [0.25, 0.3) is 0 Å². The molecule has 88 valence electrons. The van der Waals surface area contributed by atoms with Crippen LogP contribution in [0.5, 0.6) is 0 Å². The lowest BCUT2D eigenvalue weighted by Gasteiger charge is -2.28. The van der Waals surface area contributed by atoms with Gasteiger partial charge in [-0.2, -0.15) is 0 Å². The second kappa shape index (κ2) is 4.24. The lowest BCUT2D eigenvalue weighted by atomic mass is 10.1. The van der Waals surface area contributed by atoms with Crippen molar-refractivity contribution in [1.82, 2.24) is 0 Å². The van der Waals surface area contributed by atoms with Gasteiger partial charge in [0.15, 0.2) is 0 Å². The summed E-state index contributed by atoms with van der Waals surface area (Å²) >= 11 is 0. The summed E-state index contributed by atoms with van der Waals surface area (Å²) in [4.78, 5) is 13.5. The van der Waals surface area contributed by atoms with Crippen LogP contribution in [0, 0.1) is 0 Å². The van der Waals surface area contributed by atoms with Crippen LogP contribution >= 0.6 is 0 Å². The van der Waals surface area contributed by atoms with E-state index in [9.17, 15) is 4.79 Å². The molecule has 0 bridgehead atoms. The van der Waals surface area contributed by atoms with E-state index in [-0.39, 0.29) is 5.63 Å². The zero-order chi connectivity index (χ0) is 11.7. The highest BCUT2D eigenvalue weighted by Crippen LogP contribution is 2.23. The van der Waals surface area contributed by atoms with E-state index >= 15 is 0 Å². The van der Waals surface area contributed by atoms with Gasteiger partial charge in [-0.15, -0.1) is 0 Å².